The zero-order valence-electron chi connectivity index (χ0n) is 12.6. The van der Waals surface area contributed by atoms with E-state index in [0.717, 1.165) is 13.1 Å². The third-order valence-electron chi connectivity index (χ3n) is 2.83. The number of carbonyl (C=O) groups excluding carboxylic acids is 1. The molecule has 1 aromatic heterocycles. The van der Waals surface area contributed by atoms with Crippen LogP contribution < -0.4 is 5.32 Å². The van der Waals surface area contributed by atoms with Crippen LogP contribution in [0.3, 0.4) is 0 Å². The molecule has 106 valence electrons. The normalized spacial score (nSPS) is 10.9. The molecule has 1 aromatic rings. The molecule has 0 aromatic carbocycles. The number of anilines is 1. The van der Waals surface area contributed by atoms with Crippen molar-refractivity contribution in [3.8, 4) is 0 Å². The van der Waals surface area contributed by atoms with Crippen LogP contribution in [0.25, 0.3) is 0 Å². The number of carbonyl (C=O) groups is 1. The Morgan fingerprint density at radius 2 is 2.05 bits per heavy atom. The molecule has 0 spiro atoms. The van der Waals surface area contributed by atoms with Gasteiger partial charge in [-0.05, 0) is 38.8 Å². The molecule has 4 heteroatoms. The minimum atomic E-state index is 0.0488. The molecule has 0 unspecified atom stereocenters. The van der Waals surface area contributed by atoms with Crippen LogP contribution in [-0.2, 0) is 0 Å². The summed E-state index contributed by atoms with van der Waals surface area (Å²) in [6, 6.07) is 3.83. The van der Waals surface area contributed by atoms with E-state index >= 15 is 0 Å². The van der Waals surface area contributed by atoms with Crippen molar-refractivity contribution < 1.29 is 4.79 Å². The molecule has 0 bridgehead atoms. The Bertz CT molecular complexity index is 416. The van der Waals surface area contributed by atoms with Gasteiger partial charge in [-0.15, -0.1) is 0 Å². The van der Waals surface area contributed by atoms with E-state index < -0.39 is 0 Å². The molecule has 0 saturated heterocycles. The number of aromatic nitrogens is 1. The third-order valence-corrected chi connectivity index (χ3v) is 2.83. The van der Waals surface area contributed by atoms with Gasteiger partial charge in [0.05, 0.1) is 5.56 Å². The molecule has 0 saturated carbocycles. The highest BCUT2D eigenvalue weighted by Crippen LogP contribution is 2.17. The predicted octanol–water partition coefficient (Wildman–Crippen LogP) is 3.02. The van der Waals surface area contributed by atoms with Gasteiger partial charge in [0.25, 0.3) is 5.91 Å². The highest BCUT2D eigenvalue weighted by atomic mass is 16.2. The van der Waals surface area contributed by atoms with Crippen LogP contribution in [0.15, 0.2) is 18.3 Å². The molecule has 0 radical (unpaired) electrons. The van der Waals surface area contributed by atoms with E-state index in [0.29, 0.717) is 17.3 Å². The van der Waals surface area contributed by atoms with Crippen molar-refractivity contribution in [2.45, 2.75) is 40.7 Å². The molecular weight excluding hydrogens is 238 g/mol. The van der Waals surface area contributed by atoms with E-state index in [-0.39, 0.29) is 11.9 Å². The minimum absolute atomic E-state index is 0.0488. The van der Waals surface area contributed by atoms with Crippen LogP contribution in [0, 0.1) is 5.92 Å². The fourth-order valence-corrected chi connectivity index (χ4v) is 1.96. The van der Waals surface area contributed by atoms with E-state index in [1.54, 1.807) is 6.20 Å². The summed E-state index contributed by atoms with van der Waals surface area (Å²) < 4.78 is 0. The number of nitrogens with one attached hydrogen (secondary N) is 1. The van der Waals surface area contributed by atoms with Gasteiger partial charge in [-0.2, -0.15) is 0 Å². The average molecular weight is 263 g/mol. The first-order valence-corrected chi connectivity index (χ1v) is 6.97. The first kappa shape index (κ1) is 15.5. The largest absolute Gasteiger partial charge is 0.370 e. The molecule has 19 heavy (non-hydrogen) atoms. The van der Waals surface area contributed by atoms with E-state index in [1.807, 2.05) is 37.8 Å². The highest BCUT2D eigenvalue weighted by Gasteiger charge is 2.22. The van der Waals surface area contributed by atoms with Gasteiger partial charge in [0.2, 0.25) is 0 Å². The summed E-state index contributed by atoms with van der Waals surface area (Å²) in [5.41, 5.74) is 0.652. The molecule has 0 aliphatic heterocycles. The zero-order valence-corrected chi connectivity index (χ0v) is 12.6. The summed E-state index contributed by atoms with van der Waals surface area (Å²) in [6.45, 7) is 11.8. The maximum absolute atomic E-state index is 12.7. The van der Waals surface area contributed by atoms with Crippen molar-refractivity contribution in [2.75, 3.05) is 18.4 Å². The minimum Gasteiger partial charge on any atom is -0.370 e. The summed E-state index contributed by atoms with van der Waals surface area (Å²) >= 11 is 0. The molecule has 0 fully saturated rings. The van der Waals surface area contributed by atoms with E-state index in [4.69, 9.17) is 0 Å². The van der Waals surface area contributed by atoms with Crippen LogP contribution >= 0.6 is 0 Å². The Balaban J connectivity index is 3.02. The summed E-state index contributed by atoms with van der Waals surface area (Å²) in [6.07, 6.45) is 1.71. The van der Waals surface area contributed by atoms with Crippen molar-refractivity contribution in [1.29, 1.82) is 0 Å². The second-order valence-corrected chi connectivity index (χ2v) is 5.38. The number of rotatable bonds is 6. The number of hydrogen-bond acceptors (Lipinski definition) is 3. The Hall–Kier alpha value is -1.58. The van der Waals surface area contributed by atoms with Gasteiger partial charge in [-0.3, -0.25) is 4.79 Å². The second kappa shape index (κ2) is 7.12. The molecule has 0 atom stereocenters. The lowest BCUT2D eigenvalue weighted by Crippen LogP contribution is -2.39. The lowest BCUT2D eigenvalue weighted by atomic mass is 10.1. The fraction of sp³-hybridized carbons (Fsp3) is 0.600. The first-order chi connectivity index (χ1) is 8.97. The highest BCUT2D eigenvalue weighted by molar-refractivity contribution is 5.98. The van der Waals surface area contributed by atoms with Crippen LogP contribution in [0.2, 0.25) is 0 Å². The Kier molecular flexibility index (Phi) is 5.80. The molecule has 1 heterocycles. The SMILES string of the molecule is CCNc1ncccc1C(=O)N(CC(C)C)C(C)C. The Morgan fingerprint density at radius 3 is 2.58 bits per heavy atom. The molecule has 1 N–H and O–H groups in total. The molecule has 4 nitrogen and oxygen atoms in total. The maximum Gasteiger partial charge on any atom is 0.257 e. The van der Waals surface area contributed by atoms with Crippen LogP contribution in [0.4, 0.5) is 5.82 Å². The average Bonchev–Trinajstić information content (AvgIpc) is 2.36. The van der Waals surface area contributed by atoms with Crippen molar-refractivity contribution in [3.63, 3.8) is 0 Å². The van der Waals surface area contributed by atoms with Crippen LogP contribution in [0.5, 0.6) is 0 Å². The van der Waals surface area contributed by atoms with Gasteiger partial charge in [0.1, 0.15) is 5.82 Å². The molecular formula is C15H25N3O. The number of hydrogen-bond donors (Lipinski definition) is 1. The van der Waals surface area contributed by atoms with Crippen molar-refractivity contribution in [2.24, 2.45) is 5.92 Å². The standard InChI is InChI=1S/C15H25N3O/c1-6-16-14-13(8-7-9-17-14)15(19)18(12(4)5)10-11(2)3/h7-9,11-12H,6,10H2,1-5H3,(H,16,17). The van der Waals surface area contributed by atoms with Gasteiger partial charge < -0.3 is 10.2 Å². The quantitative estimate of drug-likeness (QED) is 0.858. The molecule has 1 rings (SSSR count). The topological polar surface area (TPSA) is 45.2 Å². The van der Waals surface area contributed by atoms with E-state index in [9.17, 15) is 4.79 Å². The zero-order chi connectivity index (χ0) is 14.4. The molecule has 0 aliphatic carbocycles. The third kappa shape index (κ3) is 4.23. The van der Waals surface area contributed by atoms with Gasteiger partial charge in [-0.1, -0.05) is 13.8 Å². The van der Waals surface area contributed by atoms with Gasteiger partial charge in [0, 0.05) is 25.3 Å². The lowest BCUT2D eigenvalue weighted by Gasteiger charge is -2.29. The van der Waals surface area contributed by atoms with Crippen LogP contribution in [-0.4, -0.2) is 34.9 Å². The monoisotopic (exact) mass is 263 g/mol. The Labute approximate surface area is 116 Å². The van der Waals surface area contributed by atoms with Crippen LogP contribution in [0.1, 0.15) is 45.0 Å². The van der Waals surface area contributed by atoms with Crippen molar-refractivity contribution in [1.82, 2.24) is 9.88 Å². The van der Waals surface area contributed by atoms with Crippen molar-refractivity contribution >= 4 is 11.7 Å². The molecule has 0 aliphatic rings. The van der Waals surface area contributed by atoms with E-state index in [1.165, 1.54) is 0 Å². The summed E-state index contributed by atoms with van der Waals surface area (Å²) in [5.74, 6) is 1.17. The summed E-state index contributed by atoms with van der Waals surface area (Å²) in [4.78, 5) is 18.8. The summed E-state index contributed by atoms with van der Waals surface area (Å²) in [5, 5.41) is 3.15. The Morgan fingerprint density at radius 1 is 1.37 bits per heavy atom. The molecule has 1 amide bonds. The predicted molar refractivity (Wildman–Crippen MR) is 79.4 cm³/mol. The maximum atomic E-state index is 12.7. The number of amides is 1. The van der Waals surface area contributed by atoms with Crippen molar-refractivity contribution in [3.05, 3.63) is 23.9 Å². The van der Waals surface area contributed by atoms with E-state index in [2.05, 4.69) is 24.1 Å². The first-order valence-electron chi connectivity index (χ1n) is 6.97. The lowest BCUT2D eigenvalue weighted by molar-refractivity contribution is 0.0682. The van der Waals surface area contributed by atoms with Gasteiger partial charge in [-0.25, -0.2) is 4.98 Å². The second-order valence-electron chi connectivity index (χ2n) is 5.38. The van der Waals surface area contributed by atoms with Gasteiger partial charge in [0.15, 0.2) is 0 Å². The fourth-order valence-electron chi connectivity index (χ4n) is 1.96. The smallest absolute Gasteiger partial charge is 0.257 e. The van der Waals surface area contributed by atoms with Gasteiger partial charge >= 0.3 is 0 Å². The number of pyridine rings is 1. The summed E-state index contributed by atoms with van der Waals surface area (Å²) in [7, 11) is 0. The number of nitrogens with zero attached hydrogens (tertiary/aromatic N) is 2.